The Bertz CT molecular complexity index is 615. The molecule has 2 aromatic rings. The van der Waals surface area contributed by atoms with E-state index in [0.29, 0.717) is 12.4 Å². The molecule has 0 saturated heterocycles. The van der Waals surface area contributed by atoms with E-state index in [1.807, 2.05) is 32.9 Å². The molecule has 0 fully saturated rings. The van der Waals surface area contributed by atoms with Gasteiger partial charge >= 0.3 is 0 Å². The average molecular weight is 348 g/mol. The number of rotatable bonds is 10. The van der Waals surface area contributed by atoms with Crippen LogP contribution in [0.25, 0.3) is 0 Å². The Hall–Kier alpha value is -2.28. The molecule has 0 spiro atoms. The van der Waals surface area contributed by atoms with Crippen molar-refractivity contribution in [2.45, 2.75) is 40.2 Å². The van der Waals surface area contributed by atoms with Gasteiger partial charge < -0.3 is 24.2 Å². The van der Waals surface area contributed by atoms with Crippen LogP contribution in [0.2, 0.25) is 0 Å². The molecule has 0 aromatic carbocycles. The largest absolute Gasteiger partial charge is 0.469 e. The molecule has 7 heteroatoms. The Balaban J connectivity index is 1.84. The molecule has 0 aliphatic heterocycles. The van der Waals surface area contributed by atoms with E-state index >= 15 is 0 Å². The van der Waals surface area contributed by atoms with Crippen LogP contribution >= 0.6 is 0 Å². The Kier molecular flexibility index (Phi) is 8.04. The van der Waals surface area contributed by atoms with E-state index in [9.17, 15) is 0 Å². The highest BCUT2D eigenvalue weighted by Gasteiger charge is 2.06. The van der Waals surface area contributed by atoms with Gasteiger partial charge in [0.15, 0.2) is 5.96 Å². The Morgan fingerprint density at radius 1 is 1.28 bits per heavy atom. The fourth-order valence-electron chi connectivity index (χ4n) is 2.21. The number of nitrogens with zero attached hydrogens (tertiary/aromatic N) is 2. The summed E-state index contributed by atoms with van der Waals surface area (Å²) >= 11 is 0. The second-order valence-electron chi connectivity index (χ2n) is 5.65. The van der Waals surface area contributed by atoms with Crippen LogP contribution in [-0.2, 0) is 17.7 Å². The average Bonchev–Trinajstić information content (AvgIpc) is 3.22. The number of furan rings is 1. The lowest BCUT2D eigenvalue weighted by molar-refractivity contribution is 0.145. The summed E-state index contributed by atoms with van der Waals surface area (Å²) in [5.74, 6) is 3.14. The second-order valence-corrected chi connectivity index (χ2v) is 5.65. The number of hydrogen-bond donors (Lipinski definition) is 2. The predicted molar refractivity (Wildman–Crippen MR) is 96.6 cm³/mol. The van der Waals surface area contributed by atoms with Gasteiger partial charge in [-0.25, -0.2) is 9.98 Å². The zero-order valence-electron chi connectivity index (χ0n) is 15.3. The van der Waals surface area contributed by atoms with Gasteiger partial charge in [0.05, 0.1) is 12.0 Å². The monoisotopic (exact) mass is 348 g/mol. The summed E-state index contributed by atoms with van der Waals surface area (Å²) in [7, 11) is 0. The standard InChI is InChI=1S/C18H28N4O3/c1-4-23-11-6-9-19-18(20-10-8-16-7-5-12-24-16)21-13-17-22-14(2)15(3)25-17/h5,7,12H,4,6,8-11,13H2,1-3H3,(H2,19,20,21). The molecule has 2 N–H and O–H groups in total. The van der Waals surface area contributed by atoms with Crippen molar-refractivity contribution in [1.82, 2.24) is 15.6 Å². The van der Waals surface area contributed by atoms with E-state index in [2.05, 4.69) is 20.6 Å². The maximum Gasteiger partial charge on any atom is 0.216 e. The van der Waals surface area contributed by atoms with Crippen LogP contribution in [0.3, 0.4) is 0 Å². The first-order valence-electron chi connectivity index (χ1n) is 8.74. The van der Waals surface area contributed by atoms with E-state index in [4.69, 9.17) is 13.6 Å². The lowest BCUT2D eigenvalue weighted by Crippen LogP contribution is -2.39. The number of guanidine groups is 1. The van der Waals surface area contributed by atoms with Crippen molar-refractivity contribution in [2.75, 3.05) is 26.3 Å². The minimum absolute atomic E-state index is 0.399. The summed E-state index contributed by atoms with van der Waals surface area (Å²) in [5, 5.41) is 6.62. The van der Waals surface area contributed by atoms with Gasteiger partial charge in [0.1, 0.15) is 18.1 Å². The zero-order chi connectivity index (χ0) is 17.9. The molecule has 7 nitrogen and oxygen atoms in total. The predicted octanol–water partition coefficient (Wildman–Crippen LogP) is 2.59. The lowest BCUT2D eigenvalue weighted by Gasteiger charge is -2.12. The third-order valence-corrected chi connectivity index (χ3v) is 3.65. The van der Waals surface area contributed by atoms with E-state index in [1.54, 1.807) is 6.26 Å². The summed E-state index contributed by atoms with van der Waals surface area (Å²) < 4.78 is 16.3. The van der Waals surface area contributed by atoms with Gasteiger partial charge in [-0.3, -0.25) is 0 Å². The summed E-state index contributed by atoms with van der Waals surface area (Å²) in [6.07, 6.45) is 3.40. The minimum atomic E-state index is 0.399. The summed E-state index contributed by atoms with van der Waals surface area (Å²) in [6, 6.07) is 3.86. The van der Waals surface area contributed by atoms with Gasteiger partial charge in [-0.2, -0.15) is 0 Å². The van der Waals surface area contributed by atoms with Gasteiger partial charge in [-0.05, 0) is 39.3 Å². The molecule has 2 heterocycles. The molecule has 0 unspecified atom stereocenters. The summed E-state index contributed by atoms with van der Waals surface area (Å²) in [6.45, 7) is 9.23. The van der Waals surface area contributed by atoms with Gasteiger partial charge in [0.25, 0.3) is 0 Å². The topological polar surface area (TPSA) is 84.8 Å². The maximum atomic E-state index is 5.58. The minimum Gasteiger partial charge on any atom is -0.469 e. The van der Waals surface area contributed by atoms with Crippen molar-refractivity contribution in [3.63, 3.8) is 0 Å². The van der Waals surface area contributed by atoms with Crippen molar-refractivity contribution in [2.24, 2.45) is 4.99 Å². The Morgan fingerprint density at radius 3 is 2.80 bits per heavy atom. The molecular formula is C18H28N4O3. The number of oxazole rings is 1. The molecule has 0 aliphatic carbocycles. The number of aromatic nitrogens is 1. The Labute approximate surface area is 148 Å². The first kappa shape index (κ1) is 19.1. The SMILES string of the molecule is CCOCCCNC(=NCc1nc(C)c(C)o1)NCCc1ccco1. The molecule has 2 rings (SSSR count). The van der Waals surface area contributed by atoms with Gasteiger partial charge in [-0.1, -0.05) is 0 Å². The number of aryl methyl sites for hydroxylation is 2. The van der Waals surface area contributed by atoms with Crippen LogP contribution in [0, 0.1) is 13.8 Å². The van der Waals surface area contributed by atoms with Crippen LogP contribution < -0.4 is 10.6 Å². The lowest BCUT2D eigenvalue weighted by atomic mass is 10.3. The van der Waals surface area contributed by atoms with E-state index in [1.165, 1.54) is 0 Å². The van der Waals surface area contributed by atoms with Crippen molar-refractivity contribution in [3.8, 4) is 0 Å². The fourth-order valence-corrected chi connectivity index (χ4v) is 2.21. The third kappa shape index (κ3) is 7.01. The highest BCUT2D eigenvalue weighted by Crippen LogP contribution is 2.08. The molecule has 0 aliphatic rings. The molecule has 0 amide bonds. The maximum absolute atomic E-state index is 5.58. The molecule has 138 valence electrons. The molecule has 2 aromatic heterocycles. The van der Waals surface area contributed by atoms with Gasteiger partial charge in [0, 0.05) is 32.7 Å². The van der Waals surface area contributed by atoms with Crippen molar-refractivity contribution in [1.29, 1.82) is 0 Å². The number of aliphatic imine (C=N–C) groups is 1. The van der Waals surface area contributed by atoms with E-state index < -0.39 is 0 Å². The zero-order valence-corrected chi connectivity index (χ0v) is 15.3. The van der Waals surface area contributed by atoms with Crippen LogP contribution in [0.4, 0.5) is 0 Å². The molecular weight excluding hydrogens is 320 g/mol. The number of ether oxygens (including phenoxy) is 1. The van der Waals surface area contributed by atoms with Crippen molar-refractivity contribution in [3.05, 3.63) is 41.5 Å². The first-order valence-corrected chi connectivity index (χ1v) is 8.74. The normalized spacial score (nSPS) is 11.7. The number of hydrogen-bond acceptors (Lipinski definition) is 5. The number of nitrogens with one attached hydrogen (secondary N) is 2. The molecule has 0 atom stereocenters. The van der Waals surface area contributed by atoms with Crippen LogP contribution in [-0.4, -0.2) is 37.2 Å². The molecule has 25 heavy (non-hydrogen) atoms. The third-order valence-electron chi connectivity index (χ3n) is 3.65. The van der Waals surface area contributed by atoms with Crippen LogP contribution in [0.5, 0.6) is 0 Å². The molecule has 0 radical (unpaired) electrons. The highest BCUT2D eigenvalue weighted by molar-refractivity contribution is 5.79. The van der Waals surface area contributed by atoms with E-state index in [-0.39, 0.29) is 0 Å². The van der Waals surface area contributed by atoms with Crippen molar-refractivity contribution >= 4 is 5.96 Å². The molecule has 0 bridgehead atoms. The summed E-state index contributed by atoms with van der Waals surface area (Å²) in [4.78, 5) is 8.91. The van der Waals surface area contributed by atoms with Crippen molar-refractivity contribution < 1.29 is 13.6 Å². The first-order chi connectivity index (χ1) is 12.2. The van der Waals surface area contributed by atoms with Crippen LogP contribution in [0.1, 0.15) is 36.4 Å². The van der Waals surface area contributed by atoms with Gasteiger partial charge in [0.2, 0.25) is 5.89 Å². The fraction of sp³-hybridized carbons (Fsp3) is 0.556. The molecule has 0 saturated carbocycles. The summed E-state index contributed by atoms with van der Waals surface area (Å²) in [5.41, 5.74) is 0.905. The van der Waals surface area contributed by atoms with Crippen LogP contribution in [0.15, 0.2) is 32.2 Å². The van der Waals surface area contributed by atoms with Gasteiger partial charge in [-0.15, -0.1) is 0 Å². The second kappa shape index (κ2) is 10.6. The van der Waals surface area contributed by atoms with E-state index in [0.717, 1.165) is 62.3 Å². The smallest absolute Gasteiger partial charge is 0.216 e. The Morgan fingerprint density at radius 2 is 2.12 bits per heavy atom. The highest BCUT2D eigenvalue weighted by atomic mass is 16.5. The quantitative estimate of drug-likeness (QED) is 0.390.